The monoisotopic (exact) mass is 500 g/mol. The Balaban J connectivity index is 1.47. The lowest BCUT2D eigenvalue weighted by Crippen LogP contribution is -2.28. The smallest absolute Gasteiger partial charge is 0.416 e. The summed E-state index contributed by atoms with van der Waals surface area (Å²) in [5, 5.41) is 13.6. The fourth-order valence-electron chi connectivity index (χ4n) is 4.10. The van der Waals surface area contributed by atoms with Crippen molar-refractivity contribution in [3.05, 3.63) is 77.0 Å². The molecular weight excluding hydrogens is 477 g/mol. The van der Waals surface area contributed by atoms with Gasteiger partial charge in [0.25, 0.3) is 0 Å². The molecule has 2 aromatic carbocycles. The molecule has 1 aliphatic carbocycles. The van der Waals surface area contributed by atoms with Crippen molar-refractivity contribution < 1.29 is 32.6 Å². The molecule has 2 amide bonds. The summed E-state index contributed by atoms with van der Waals surface area (Å²) in [4.78, 5) is 27.6. The maximum atomic E-state index is 13.2. The van der Waals surface area contributed by atoms with E-state index in [9.17, 15) is 22.8 Å². The Morgan fingerprint density at radius 3 is 2.56 bits per heavy atom. The zero-order valence-corrected chi connectivity index (χ0v) is 18.9. The largest absolute Gasteiger partial charge is 0.465 e. The van der Waals surface area contributed by atoms with Crippen molar-refractivity contribution in [2.45, 2.75) is 32.0 Å². The fraction of sp³-hybridized carbons (Fsp3) is 0.240. The van der Waals surface area contributed by atoms with Gasteiger partial charge in [0, 0.05) is 30.4 Å². The van der Waals surface area contributed by atoms with Crippen LogP contribution in [0.2, 0.25) is 0 Å². The summed E-state index contributed by atoms with van der Waals surface area (Å²) in [5.41, 5.74) is 6.94. The Hall–Kier alpha value is -4.12. The third kappa shape index (κ3) is 6.11. The van der Waals surface area contributed by atoms with Crippen molar-refractivity contribution in [1.29, 1.82) is 0 Å². The quantitative estimate of drug-likeness (QED) is 0.369. The number of nitrogens with zero attached hydrogens (tertiary/aromatic N) is 1. The molecule has 0 spiro atoms. The highest BCUT2D eigenvalue weighted by Gasteiger charge is 2.32. The minimum Gasteiger partial charge on any atom is -0.465 e. The molecule has 11 heteroatoms. The van der Waals surface area contributed by atoms with Crippen molar-refractivity contribution in [3.63, 3.8) is 0 Å². The molecule has 0 fully saturated rings. The first kappa shape index (κ1) is 25.0. The van der Waals surface area contributed by atoms with E-state index in [0.29, 0.717) is 30.8 Å². The predicted molar refractivity (Wildman–Crippen MR) is 126 cm³/mol. The molecule has 4 rings (SSSR count). The first-order chi connectivity index (χ1) is 17.1. The number of ether oxygens (including phenoxy) is 1. The number of carboxylic acid groups (broad SMARTS) is 1. The number of hydrogen-bond acceptors (Lipinski definition) is 5. The molecule has 0 saturated carbocycles. The van der Waals surface area contributed by atoms with Crippen LogP contribution in [-0.4, -0.2) is 22.1 Å². The van der Waals surface area contributed by atoms with Gasteiger partial charge in [-0.1, -0.05) is 6.07 Å². The predicted octanol–water partition coefficient (Wildman–Crippen LogP) is 5.18. The van der Waals surface area contributed by atoms with Crippen LogP contribution in [0.1, 0.15) is 28.7 Å². The van der Waals surface area contributed by atoms with Gasteiger partial charge in [0.2, 0.25) is 5.91 Å². The lowest BCUT2D eigenvalue weighted by Gasteiger charge is -2.25. The number of aromatic nitrogens is 1. The van der Waals surface area contributed by atoms with Crippen molar-refractivity contribution in [3.8, 4) is 11.5 Å². The van der Waals surface area contributed by atoms with E-state index in [4.69, 9.17) is 15.6 Å². The molecule has 36 heavy (non-hydrogen) atoms. The molecule has 0 bridgehead atoms. The van der Waals surface area contributed by atoms with Crippen molar-refractivity contribution in [2.75, 3.05) is 10.6 Å². The Kier molecular flexibility index (Phi) is 7.11. The molecule has 1 aliphatic rings. The molecule has 188 valence electrons. The number of hydrogen-bond donors (Lipinski definition) is 4. The van der Waals surface area contributed by atoms with Gasteiger partial charge in [-0.15, -0.1) is 0 Å². The highest BCUT2D eigenvalue weighted by atomic mass is 19.4. The molecular formula is C25H23F3N4O4. The first-order valence-corrected chi connectivity index (χ1v) is 11.1. The molecule has 5 N–H and O–H groups in total. The number of rotatable bonds is 6. The number of aryl methyl sites for hydroxylation is 1. The molecule has 8 nitrogen and oxygen atoms in total. The van der Waals surface area contributed by atoms with Gasteiger partial charge in [-0.2, -0.15) is 13.2 Å². The third-order valence-electron chi connectivity index (χ3n) is 5.80. The summed E-state index contributed by atoms with van der Waals surface area (Å²) in [6, 6.07) is 11.8. The van der Waals surface area contributed by atoms with Crippen LogP contribution in [-0.2, 0) is 30.4 Å². The Morgan fingerprint density at radius 1 is 1.06 bits per heavy atom. The van der Waals surface area contributed by atoms with Crippen LogP contribution < -0.4 is 21.1 Å². The molecule has 0 unspecified atom stereocenters. The molecule has 1 heterocycles. The van der Waals surface area contributed by atoms with Gasteiger partial charge < -0.3 is 20.9 Å². The van der Waals surface area contributed by atoms with E-state index in [0.717, 1.165) is 23.3 Å². The number of alkyl halides is 3. The number of nitrogens with two attached hydrogens (primary N) is 1. The van der Waals surface area contributed by atoms with Gasteiger partial charge in [-0.25, -0.2) is 9.78 Å². The van der Waals surface area contributed by atoms with Crippen molar-refractivity contribution >= 4 is 23.5 Å². The molecule has 0 aliphatic heterocycles. The van der Waals surface area contributed by atoms with Gasteiger partial charge >= 0.3 is 12.3 Å². The molecule has 0 saturated heterocycles. The minimum absolute atomic E-state index is 0.0571. The van der Waals surface area contributed by atoms with E-state index < -0.39 is 23.8 Å². The van der Waals surface area contributed by atoms with Crippen LogP contribution in [0.3, 0.4) is 0 Å². The van der Waals surface area contributed by atoms with Crippen LogP contribution in [0.5, 0.6) is 11.5 Å². The Labute approximate surface area is 204 Å². The van der Waals surface area contributed by atoms with Gasteiger partial charge in [-0.05, 0) is 72.4 Å². The van der Waals surface area contributed by atoms with Crippen molar-refractivity contribution in [1.82, 2.24) is 4.98 Å². The summed E-state index contributed by atoms with van der Waals surface area (Å²) >= 11 is 0. The van der Waals surface area contributed by atoms with E-state index in [-0.39, 0.29) is 29.5 Å². The molecule has 1 atom stereocenters. The normalized spacial score (nSPS) is 15.1. The summed E-state index contributed by atoms with van der Waals surface area (Å²) < 4.78 is 45.5. The summed E-state index contributed by atoms with van der Waals surface area (Å²) in [7, 11) is 0. The highest BCUT2D eigenvalue weighted by molar-refractivity contribution is 5.93. The number of benzene rings is 2. The second kappa shape index (κ2) is 10.2. The number of carbonyl (C=O) groups excluding carboxylic acids is 1. The highest BCUT2D eigenvalue weighted by Crippen LogP contribution is 2.34. The summed E-state index contributed by atoms with van der Waals surface area (Å²) in [6.45, 7) is -0.0856. The maximum Gasteiger partial charge on any atom is 0.416 e. The van der Waals surface area contributed by atoms with E-state index in [1.807, 2.05) is 6.07 Å². The van der Waals surface area contributed by atoms with E-state index >= 15 is 0 Å². The van der Waals surface area contributed by atoms with Crippen LogP contribution >= 0.6 is 0 Å². The van der Waals surface area contributed by atoms with Crippen LogP contribution in [0, 0.1) is 5.92 Å². The lowest BCUT2D eigenvalue weighted by atomic mass is 9.83. The fourth-order valence-corrected chi connectivity index (χ4v) is 4.10. The molecule has 0 radical (unpaired) electrons. The Bertz CT molecular complexity index is 1300. The van der Waals surface area contributed by atoms with E-state index in [2.05, 4.69) is 15.6 Å². The average Bonchev–Trinajstić information content (AvgIpc) is 2.82. The van der Waals surface area contributed by atoms with Crippen LogP contribution in [0.4, 0.5) is 29.5 Å². The number of pyridine rings is 1. The second-order valence-electron chi connectivity index (χ2n) is 8.39. The number of anilines is 2. The number of carbonyl (C=O) groups is 2. The second-order valence-corrected chi connectivity index (χ2v) is 8.39. The first-order valence-electron chi connectivity index (χ1n) is 11.1. The SMILES string of the molecule is NCc1cc(NC(=O)[C@@H]2CCc3ccc(Oc4ccnc(NC(=O)O)c4)cc3C2)cc(C(F)(F)F)c1. The maximum absolute atomic E-state index is 13.2. The molecule has 3 aromatic rings. The summed E-state index contributed by atoms with van der Waals surface area (Å²) in [6.07, 6.45) is -2.82. The van der Waals surface area contributed by atoms with E-state index in [1.54, 1.807) is 18.2 Å². The van der Waals surface area contributed by atoms with E-state index in [1.165, 1.54) is 18.3 Å². The summed E-state index contributed by atoms with van der Waals surface area (Å²) in [5.74, 6) is 0.178. The number of halogens is 3. The van der Waals surface area contributed by atoms with Crippen LogP contribution in [0.25, 0.3) is 0 Å². The van der Waals surface area contributed by atoms with Crippen LogP contribution in [0.15, 0.2) is 54.7 Å². The third-order valence-corrected chi connectivity index (χ3v) is 5.80. The molecule has 1 aromatic heterocycles. The number of fused-ring (bicyclic) bond motifs is 1. The Morgan fingerprint density at radius 2 is 1.83 bits per heavy atom. The number of nitrogens with one attached hydrogen (secondary N) is 2. The standard InChI is InChI=1S/C25H23F3N4O4/c26-25(27,28)18-7-14(13-29)8-19(11-18)31-23(33)16-2-1-15-3-4-20(10-17(15)9-16)36-21-5-6-30-22(12-21)32-24(34)35/h3-8,10-12,16H,1-2,9,13,29H2,(H,30,32)(H,31,33)(H,34,35)/t16-/m1/s1. The van der Waals surface area contributed by atoms with Gasteiger partial charge in [0.1, 0.15) is 17.3 Å². The topological polar surface area (TPSA) is 127 Å². The van der Waals surface area contributed by atoms with Crippen molar-refractivity contribution in [2.24, 2.45) is 11.7 Å². The number of amides is 2. The van der Waals surface area contributed by atoms with Gasteiger partial charge in [-0.3, -0.25) is 10.1 Å². The zero-order valence-electron chi connectivity index (χ0n) is 18.9. The zero-order chi connectivity index (χ0) is 25.9. The van der Waals surface area contributed by atoms with Gasteiger partial charge in [0.05, 0.1) is 5.56 Å². The van der Waals surface area contributed by atoms with Gasteiger partial charge in [0.15, 0.2) is 0 Å². The minimum atomic E-state index is -4.55. The lowest BCUT2D eigenvalue weighted by molar-refractivity contribution is -0.137. The average molecular weight is 500 g/mol.